The summed E-state index contributed by atoms with van der Waals surface area (Å²) >= 11 is 0. The number of aromatic amines is 1. The van der Waals surface area contributed by atoms with Crippen LogP contribution in [0.5, 0.6) is 0 Å². The lowest BCUT2D eigenvalue weighted by atomic mass is 10.1. The second-order valence-electron chi connectivity index (χ2n) is 9.03. The van der Waals surface area contributed by atoms with Crippen LogP contribution in [0.15, 0.2) is 42.5 Å². The molecule has 9 nitrogen and oxygen atoms in total. The van der Waals surface area contributed by atoms with Crippen molar-refractivity contribution in [3.8, 4) is 0 Å². The molecule has 0 aliphatic carbocycles. The third-order valence-corrected chi connectivity index (χ3v) is 7.11. The highest BCUT2D eigenvalue weighted by atomic mass is 32.2. The Morgan fingerprint density at radius 2 is 1.91 bits per heavy atom. The molecule has 0 saturated carbocycles. The number of nitrogens with zero attached hydrogens (tertiary/aromatic N) is 3. The molecule has 0 atom stereocenters. The van der Waals surface area contributed by atoms with Gasteiger partial charge in [0, 0.05) is 38.8 Å². The Hall–Kier alpha value is -3.37. The van der Waals surface area contributed by atoms with E-state index in [1.54, 1.807) is 12.1 Å². The molecule has 3 N–H and O–H groups in total. The van der Waals surface area contributed by atoms with Gasteiger partial charge in [-0.3, -0.25) is 9.52 Å². The summed E-state index contributed by atoms with van der Waals surface area (Å²) in [5.74, 6) is 0.900. The molecule has 0 radical (unpaired) electrons. The number of H-pyrrole nitrogens is 1. The molecule has 10 heteroatoms. The average molecular weight is 483 g/mol. The smallest absolute Gasteiger partial charge is 0.301 e. The molecule has 2 aromatic carbocycles. The van der Waals surface area contributed by atoms with E-state index in [9.17, 15) is 13.2 Å². The van der Waals surface area contributed by atoms with Crippen molar-refractivity contribution in [1.29, 1.82) is 0 Å². The highest BCUT2D eigenvalue weighted by Crippen LogP contribution is 2.27. The predicted octanol–water partition coefficient (Wildman–Crippen LogP) is 3.40. The molecule has 0 fully saturated rings. The van der Waals surface area contributed by atoms with Crippen LogP contribution in [0, 0.1) is 5.92 Å². The summed E-state index contributed by atoms with van der Waals surface area (Å²) in [5, 5.41) is 4.03. The molecule has 4 rings (SSSR count). The Bertz CT molecular complexity index is 1430. The maximum Gasteiger partial charge on any atom is 0.301 e. The van der Waals surface area contributed by atoms with Gasteiger partial charge in [-0.2, -0.15) is 12.7 Å². The number of carbonyl (C=O) groups excluding carboxylic acids is 1. The Morgan fingerprint density at radius 3 is 2.59 bits per heavy atom. The molecule has 1 amide bonds. The van der Waals surface area contributed by atoms with E-state index in [0.29, 0.717) is 29.1 Å². The Morgan fingerprint density at radius 1 is 1.18 bits per heavy atom. The number of para-hydroxylation sites is 1. The number of anilines is 1. The number of aromatic nitrogens is 3. The summed E-state index contributed by atoms with van der Waals surface area (Å²) < 4.78 is 30.4. The largest absolute Gasteiger partial charge is 0.357 e. The number of aryl methyl sites for hydroxylation is 1. The van der Waals surface area contributed by atoms with Crippen LogP contribution in [0.1, 0.15) is 35.7 Å². The first-order chi connectivity index (χ1) is 16.0. The monoisotopic (exact) mass is 482 g/mol. The lowest BCUT2D eigenvalue weighted by Crippen LogP contribution is -2.29. The van der Waals surface area contributed by atoms with E-state index >= 15 is 0 Å². The minimum Gasteiger partial charge on any atom is -0.357 e. The lowest BCUT2D eigenvalue weighted by molar-refractivity contribution is 0.0952. The highest BCUT2D eigenvalue weighted by molar-refractivity contribution is 7.90. The second-order valence-corrected chi connectivity index (χ2v) is 10.9. The van der Waals surface area contributed by atoms with Gasteiger partial charge in [-0.25, -0.2) is 4.98 Å². The summed E-state index contributed by atoms with van der Waals surface area (Å²) in [6.07, 6.45) is 0.736. The van der Waals surface area contributed by atoms with E-state index in [2.05, 4.69) is 28.9 Å². The molecule has 4 aromatic rings. The molecule has 0 bridgehead atoms. The van der Waals surface area contributed by atoms with Crippen LogP contribution in [0.25, 0.3) is 21.9 Å². The van der Waals surface area contributed by atoms with Crippen LogP contribution in [-0.2, 0) is 30.2 Å². The van der Waals surface area contributed by atoms with E-state index in [0.717, 1.165) is 33.1 Å². The third kappa shape index (κ3) is 4.78. The zero-order valence-electron chi connectivity index (χ0n) is 20.0. The van der Waals surface area contributed by atoms with Gasteiger partial charge >= 0.3 is 10.2 Å². The van der Waals surface area contributed by atoms with Gasteiger partial charge in [0.1, 0.15) is 5.82 Å². The number of rotatable bonds is 8. The lowest BCUT2D eigenvalue weighted by Gasteiger charge is -2.15. The summed E-state index contributed by atoms with van der Waals surface area (Å²) in [6, 6.07) is 13.1. The quantitative estimate of drug-likeness (QED) is 0.357. The van der Waals surface area contributed by atoms with Crippen molar-refractivity contribution in [2.75, 3.05) is 18.8 Å². The Balaban J connectivity index is 1.71. The minimum atomic E-state index is -3.74. The van der Waals surface area contributed by atoms with Crippen molar-refractivity contribution in [2.45, 2.75) is 26.8 Å². The number of fused-ring (bicyclic) bond motifs is 2. The van der Waals surface area contributed by atoms with Crippen molar-refractivity contribution in [1.82, 2.24) is 24.2 Å². The first-order valence-corrected chi connectivity index (χ1v) is 12.5. The van der Waals surface area contributed by atoms with Gasteiger partial charge in [-0.1, -0.05) is 32.0 Å². The molecule has 2 heterocycles. The fourth-order valence-corrected chi connectivity index (χ4v) is 4.52. The van der Waals surface area contributed by atoms with E-state index < -0.39 is 10.2 Å². The number of benzene rings is 2. The number of carbonyl (C=O) groups is 1. The maximum atomic E-state index is 13.3. The molecular formula is C24H30N6O3S. The molecule has 0 saturated heterocycles. The Kier molecular flexibility index (Phi) is 6.37. The van der Waals surface area contributed by atoms with E-state index in [1.165, 1.54) is 14.1 Å². The minimum absolute atomic E-state index is 0.283. The fourth-order valence-electron chi connectivity index (χ4n) is 3.92. The van der Waals surface area contributed by atoms with Crippen molar-refractivity contribution >= 4 is 43.7 Å². The summed E-state index contributed by atoms with van der Waals surface area (Å²) in [7, 11) is 1.02. The zero-order chi connectivity index (χ0) is 24.6. The van der Waals surface area contributed by atoms with Crippen LogP contribution in [0.2, 0.25) is 0 Å². The molecule has 180 valence electrons. The van der Waals surface area contributed by atoms with E-state index in [-0.39, 0.29) is 11.6 Å². The molecule has 0 spiro atoms. The van der Waals surface area contributed by atoms with Crippen LogP contribution in [-0.4, -0.2) is 47.3 Å². The SMILES string of the molecule is CC(C)Cc1nc2cc(NS(=O)(=O)N(C)C)cc(C(=O)NCc3cc4ccccc4[nH]3)c2n1C. The maximum absolute atomic E-state index is 13.3. The number of amides is 1. The molecule has 34 heavy (non-hydrogen) atoms. The third-order valence-electron chi connectivity index (χ3n) is 5.65. The van der Waals surface area contributed by atoms with Gasteiger partial charge in [-0.15, -0.1) is 0 Å². The van der Waals surface area contributed by atoms with Crippen molar-refractivity contribution in [2.24, 2.45) is 13.0 Å². The number of hydrogen-bond donors (Lipinski definition) is 3. The summed E-state index contributed by atoms with van der Waals surface area (Å²) in [4.78, 5) is 21.3. The molecule has 0 aliphatic heterocycles. The highest BCUT2D eigenvalue weighted by Gasteiger charge is 2.21. The van der Waals surface area contributed by atoms with Gasteiger partial charge in [-0.05, 0) is 35.6 Å². The van der Waals surface area contributed by atoms with Gasteiger partial charge in [0.15, 0.2) is 0 Å². The van der Waals surface area contributed by atoms with Crippen LogP contribution in [0.3, 0.4) is 0 Å². The number of hydrogen-bond acceptors (Lipinski definition) is 4. The normalized spacial score (nSPS) is 12.2. The van der Waals surface area contributed by atoms with Crippen molar-refractivity contribution < 1.29 is 13.2 Å². The number of nitrogens with one attached hydrogen (secondary N) is 3. The topological polar surface area (TPSA) is 112 Å². The van der Waals surface area contributed by atoms with Crippen molar-refractivity contribution in [3.05, 3.63) is 59.5 Å². The van der Waals surface area contributed by atoms with Gasteiger partial charge in [0.05, 0.1) is 28.8 Å². The Labute approximate surface area is 199 Å². The van der Waals surface area contributed by atoms with Gasteiger partial charge < -0.3 is 14.9 Å². The van der Waals surface area contributed by atoms with Crippen LogP contribution < -0.4 is 10.0 Å². The van der Waals surface area contributed by atoms with Gasteiger partial charge in [0.25, 0.3) is 5.91 Å². The number of imidazole rings is 1. The zero-order valence-corrected chi connectivity index (χ0v) is 20.8. The fraction of sp³-hybridized carbons (Fsp3) is 0.333. The summed E-state index contributed by atoms with van der Waals surface area (Å²) in [5.41, 5.74) is 3.74. The van der Waals surface area contributed by atoms with Gasteiger partial charge in [0.2, 0.25) is 0 Å². The first-order valence-electron chi connectivity index (χ1n) is 11.1. The van der Waals surface area contributed by atoms with E-state index in [4.69, 9.17) is 4.98 Å². The van der Waals surface area contributed by atoms with E-state index in [1.807, 2.05) is 41.9 Å². The average Bonchev–Trinajstić information content (AvgIpc) is 3.31. The van der Waals surface area contributed by atoms with Crippen LogP contribution >= 0.6 is 0 Å². The molecule has 0 aliphatic rings. The molecular weight excluding hydrogens is 452 g/mol. The first kappa shape index (κ1) is 23.8. The van der Waals surface area contributed by atoms with Crippen LogP contribution in [0.4, 0.5) is 5.69 Å². The predicted molar refractivity (Wildman–Crippen MR) is 135 cm³/mol. The standard InChI is InChI=1S/C24H30N6O3S/c1-15(2)10-22-27-21-13-17(28-34(32,33)29(3)4)12-19(23(21)30(22)5)24(31)25-14-18-11-16-8-6-7-9-20(16)26-18/h6-9,11-13,15,26,28H,10,14H2,1-5H3,(H,25,31). The molecule has 0 unspecified atom stereocenters. The summed E-state index contributed by atoms with van der Waals surface area (Å²) in [6.45, 7) is 4.51. The van der Waals surface area contributed by atoms with Crippen molar-refractivity contribution in [3.63, 3.8) is 0 Å². The molecule has 2 aromatic heterocycles. The second kappa shape index (κ2) is 9.11.